The van der Waals surface area contributed by atoms with Crippen LogP contribution in [0.3, 0.4) is 0 Å². The average Bonchev–Trinajstić information content (AvgIpc) is 2.37. The molecule has 0 spiro atoms. The van der Waals surface area contributed by atoms with Gasteiger partial charge in [0.1, 0.15) is 5.75 Å². The lowest BCUT2D eigenvalue weighted by molar-refractivity contribution is 0.475. The molecule has 5 heteroatoms. The van der Waals surface area contributed by atoms with Gasteiger partial charge in [-0.25, -0.2) is 4.98 Å². The Hall–Kier alpha value is -2.01. The van der Waals surface area contributed by atoms with Gasteiger partial charge in [0.05, 0.1) is 11.9 Å². The highest BCUT2D eigenvalue weighted by molar-refractivity contribution is 5.59. The van der Waals surface area contributed by atoms with Crippen LogP contribution in [-0.2, 0) is 6.42 Å². The van der Waals surface area contributed by atoms with Crippen LogP contribution in [0.1, 0.15) is 5.82 Å². The van der Waals surface area contributed by atoms with E-state index in [0.29, 0.717) is 5.82 Å². The molecule has 0 fully saturated rings. The smallest absolute Gasteiger partial charge is 0.152 e. The molecule has 0 atom stereocenters. The van der Waals surface area contributed by atoms with Gasteiger partial charge < -0.3 is 10.4 Å². The summed E-state index contributed by atoms with van der Waals surface area (Å²) in [6.07, 6.45) is 2.33. The van der Waals surface area contributed by atoms with E-state index in [4.69, 9.17) is 0 Å². The van der Waals surface area contributed by atoms with Gasteiger partial charge >= 0.3 is 0 Å². The Bertz CT molecular complexity index is 501. The Kier molecular flexibility index (Phi) is 3.62. The third-order valence-corrected chi connectivity index (χ3v) is 2.34. The molecule has 0 radical (unpaired) electrons. The number of hydrogen-bond acceptors (Lipinski definition) is 5. The maximum absolute atomic E-state index is 9.41. The van der Waals surface area contributed by atoms with Crippen LogP contribution in [0.5, 0.6) is 5.75 Å². The summed E-state index contributed by atoms with van der Waals surface area (Å²) >= 11 is 0. The Morgan fingerprint density at radius 1 is 1.35 bits per heavy atom. The molecule has 17 heavy (non-hydrogen) atoms. The van der Waals surface area contributed by atoms with Gasteiger partial charge in [0.2, 0.25) is 0 Å². The van der Waals surface area contributed by atoms with Crippen molar-refractivity contribution in [1.82, 2.24) is 20.5 Å². The summed E-state index contributed by atoms with van der Waals surface area (Å²) < 4.78 is 0. The van der Waals surface area contributed by atoms with E-state index in [2.05, 4.69) is 20.5 Å². The van der Waals surface area contributed by atoms with Crippen molar-refractivity contribution < 1.29 is 5.11 Å². The number of phenols is 1. The number of nitrogens with zero attached hydrogens (tertiary/aromatic N) is 3. The van der Waals surface area contributed by atoms with Gasteiger partial charge in [-0.1, -0.05) is 12.1 Å². The number of aromatic nitrogens is 3. The van der Waals surface area contributed by atoms with Crippen LogP contribution in [0, 0.1) is 0 Å². The number of phenolic OH excluding ortho intramolecular Hbond substituents is 1. The van der Waals surface area contributed by atoms with E-state index in [-0.39, 0.29) is 5.75 Å². The van der Waals surface area contributed by atoms with E-state index in [1.807, 2.05) is 13.1 Å². The predicted molar refractivity (Wildman–Crippen MR) is 64.6 cm³/mol. The van der Waals surface area contributed by atoms with E-state index in [1.165, 1.54) is 0 Å². The molecule has 0 unspecified atom stereocenters. The first-order chi connectivity index (χ1) is 8.29. The molecule has 0 saturated carbocycles. The number of nitrogens with one attached hydrogen (secondary N) is 1. The molecule has 2 rings (SSSR count). The summed E-state index contributed by atoms with van der Waals surface area (Å²) in [5, 5.41) is 20.3. The lowest BCUT2D eigenvalue weighted by Gasteiger charge is -2.03. The molecule has 88 valence electrons. The minimum atomic E-state index is 0.220. The molecule has 0 aliphatic rings. The zero-order valence-corrected chi connectivity index (χ0v) is 9.59. The standard InChI is InChI=1S/C12H14N4O/c1-13-6-5-12-15-11(8-14-16-12)9-3-2-4-10(17)7-9/h2-4,7-8,13,17H,5-6H2,1H3. The van der Waals surface area contributed by atoms with Crippen LogP contribution < -0.4 is 5.32 Å². The topological polar surface area (TPSA) is 70.9 Å². The zero-order chi connectivity index (χ0) is 12.1. The summed E-state index contributed by atoms with van der Waals surface area (Å²) in [5.41, 5.74) is 1.56. The van der Waals surface area contributed by atoms with Crippen molar-refractivity contribution in [2.45, 2.75) is 6.42 Å². The molecule has 2 aromatic rings. The molecule has 0 saturated heterocycles. The fourth-order valence-corrected chi connectivity index (χ4v) is 1.49. The summed E-state index contributed by atoms with van der Waals surface area (Å²) in [6, 6.07) is 6.94. The Balaban J connectivity index is 2.26. The Morgan fingerprint density at radius 2 is 2.24 bits per heavy atom. The van der Waals surface area contributed by atoms with Gasteiger partial charge in [0.25, 0.3) is 0 Å². The van der Waals surface area contributed by atoms with E-state index in [1.54, 1.807) is 24.4 Å². The largest absolute Gasteiger partial charge is 0.508 e. The molecule has 0 amide bonds. The van der Waals surface area contributed by atoms with E-state index in [9.17, 15) is 5.11 Å². The van der Waals surface area contributed by atoms with Crippen molar-refractivity contribution in [3.05, 3.63) is 36.3 Å². The molecular formula is C12H14N4O. The third-order valence-electron chi connectivity index (χ3n) is 2.34. The summed E-state index contributed by atoms with van der Waals surface area (Å²) in [7, 11) is 1.88. The average molecular weight is 230 g/mol. The minimum absolute atomic E-state index is 0.220. The molecular weight excluding hydrogens is 216 g/mol. The second-order valence-electron chi connectivity index (χ2n) is 3.66. The minimum Gasteiger partial charge on any atom is -0.508 e. The number of rotatable bonds is 4. The third kappa shape index (κ3) is 2.98. The van der Waals surface area contributed by atoms with Crippen LogP contribution >= 0.6 is 0 Å². The summed E-state index contributed by atoms with van der Waals surface area (Å²) in [5.74, 6) is 0.915. The van der Waals surface area contributed by atoms with E-state index >= 15 is 0 Å². The fraction of sp³-hybridized carbons (Fsp3) is 0.250. The maximum Gasteiger partial charge on any atom is 0.152 e. The highest BCUT2D eigenvalue weighted by Crippen LogP contribution is 2.20. The monoisotopic (exact) mass is 230 g/mol. The molecule has 1 heterocycles. The van der Waals surface area contributed by atoms with Crippen molar-refractivity contribution in [3.63, 3.8) is 0 Å². The number of aromatic hydroxyl groups is 1. The molecule has 0 aliphatic carbocycles. The first kappa shape index (κ1) is 11.5. The highest BCUT2D eigenvalue weighted by Gasteiger charge is 2.03. The first-order valence-electron chi connectivity index (χ1n) is 5.42. The SMILES string of the molecule is CNCCc1nncc(-c2cccc(O)c2)n1. The lowest BCUT2D eigenvalue weighted by Crippen LogP contribution is -2.12. The molecule has 0 bridgehead atoms. The molecule has 1 aromatic carbocycles. The second-order valence-corrected chi connectivity index (χ2v) is 3.66. The lowest BCUT2D eigenvalue weighted by atomic mass is 10.1. The van der Waals surface area contributed by atoms with Crippen molar-refractivity contribution >= 4 is 0 Å². The summed E-state index contributed by atoms with van der Waals surface area (Å²) in [6.45, 7) is 0.811. The predicted octanol–water partition coefficient (Wildman–Crippen LogP) is 1.01. The van der Waals surface area contributed by atoms with Gasteiger partial charge in [-0.3, -0.25) is 0 Å². The van der Waals surface area contributed by atoms with Crippen LogP contribution in [0.25, 0.3) is 11.3 Å². The van der Waals surface area contributed by atoms with Crippen LogP contribution in [0.2, 0.25) is 0 Å². The number of likely N-dealkylation sites (N-methyl/N-ethyl adjacent to an activating group) is 1. The number of hydrogen-bond donors (Lipinski definition) is 2. The van der Waals surface area contributed by atoms with Gasteiger partial charge in [-0.05, 0) is 19.2 Å². The molecule has 0 aliphatic heterocycles. The highest BCUT2D eigenvalue weighted by atomic mass is 16.3. The first-order valence-corrected chi connectivity index (χ1v) is 5.42. The van der Waals surface area contributed by atoms with Gasteiger partial charge in [0, 0.05) is 18.5 Å². The van der Waals surface area contributed by atoms with Crippen molar-refractivity contribution in [3.8, 4) is 17.0 Å². The van der Waals surface area contributed by atoms with Crippen molar-refractivity contribution in [1.29, 1.82) is 0 Å². The van der Waals surface area contributed by atoms with Crippen LogP contribution in [0.15, 0.2) is 30.5 Å². The van der Waals surface area contributed by atoms with Crippen molar-refractivity contribution in [2.24, 2.45) is 0 Å². The molecule has 5 nitrogen and oxygen atoms in total. The Morgan fingerprint density at radius 3 is 3.00 bits per heavy atom. The van der Waals surface area contributed by atoms with Crippen LogP contribution in [-0.4, -0.2) is 33.9 Å². The number of benzene rings is 1. The zero-order valence-electron chi connectivity index (χ0n) is 9.59. The second kappa shape index (κ2) is 5.36. The van der Waals surface area contributed by atoms with Gasteiger partial charge in [-0.15, -0.1) is 5.10 Å². The Labute approximate surface area is 99.6 Å². The van der Waals surface area contributed by atoms with Crippen LogP contribution in [0.4, 0.5) is 0 Å². The molecule has 2 N–H and O–H groups in total. The maximum atomic E-state index is 9.41. The summed E-state index contributed by atoms with van der Waals surface area (Å²) in [4.78, 5) is 4.40. The van der Waals surface area contributed by atoms with Gasteiger partial charge in [-0.2, -0.15) is 5.10 Å². The normalized spacial score (nSPS) is 10.4. The quantitative estimate of drug-likeness (QED) is 0.820. The van der Waals surface area contributed by atoms with Gasteiger partial charge in [0.15, 0.2) is 5.82 Å². The van der Waals surface area contributed by atoms with Crippen molar-refractivity contribution in [2.75, 3.05) is 13.6 Å². The van der Waals surface area contributed by atoms with E-state index < -0.39 is 0 Å². The molecule has 1 aromatic heterocycles. The fourth-order valence-electron chi connectivity index (χ4n) is 1.49. The van der Waals surface area contributed by atoms with E-state index in [0.717, 1.165) is 24.2 Å².